The maximum Gasteiger partial charge on any atom is 0.374 e. The fourth-order valence-electron chi connectivity index (χ4n) is 1.55. The predicted octanol–water partition coefficient (Wildman–Crippen LogP) is 3.24. The predicted molar refractivity (Wildman–Crippen MR) is 63.0 cm³/mol. The van der Waals surface area contributed by atoms with Gasteiger partial charge in [-0.25, -0.2) is 9.18 Å². The highest BCUT2D eigenvalue weighted by atomic mass is 19.1. The molecule has 4 nitrogen and oxygen atoms in total. The Balaban J connectivity index is 2.31. The topological polar surface area (TPSA) is 63.3 Å². The van der Waals surface area contributed by atoms with E-state index in [-0.39, 0.29) is 5.76 Å². The third-order valence-corrected chi connectivity index (χ3v) is 2.59. The average Bonchev–Trinajstić information content (AvgIpc) is 2.77. The van der Waals surface area contributed by atoms with Gasteiger partial charge in [0, 0.05) is 11.6 Å². The second kappa shape index (κ2) is 4.25. The number of aromatic carboxylic acids is 1. The molecule has 2 rings (SSSR count). The lowest BCUT2D eigenvalue weighted by molar-refractivity contribution is 0.0652. The van der Waals surface area contributed by atoms with Gasteiger partial charge in [0.1, 0.15) is 11.4 Å². The molecule has 1 heterocycles. The van der Waals surface area contributed by atoms with E-state index in [4.69, 9.17) is 5.11 Å². The van der Waals surface area contributed by atoms with Gasteiger partial charge in [-0.15, -0.1) is 0 Å². The largest absolute Gasteiger partial charge is 0.475 e. The van der Waals surface area contributed by atoms with Crippen LogP contribution in [-0.2, 0) is 5.67 Å². The van der Waals surface area contributed by atoms with Crippen molar-refractivity contribution in [2.45, 2.75) is 19.5 Å². The molecule has 1 N–H and O–H groups in total. The van der Waals surface area contributed by atoms with Crippen LogP contribution in [0.3, 0.4) is 0 Å². The van der Waals surface area contributed by atoms with Crippen LogP contribution in [0.4, 0.5) is 4.39 Å². The van der Waals surface area contributed by atoms with Gasteiger partial charge in [-0.1, -0.05) is 29.4 Å². The normalized spacial score (nSPS) is 11.5. The highest BCUT2D eigenvalue weighted by molar-refractivity contribution is 5.85. The summed E-state index contributed by atoms with van der Waals surface area (Å²) in [7, 11) is 0. The zero-order chi connectivity index (χ0) is 13.3. The van der Waals surface area contributed by atoms with Crippen molar-refractivity contribution in [1.29, 1.82) is 0 Å². The fourth-order valence-corrected chi connectivity index (χ4v) is 1.55. The van der Waals surface area contributed by atoms with Crippen molar-refractivity contribution in [2.75, 3.05) is 0 Å². The summed E-state index contributed by atoms with van der Waals surface area (Å²) in [5.41, 5.74) is 0.234. The lowest BCUT2D eigenvalue weighted by atomic mass is 9.98. The minimum absolute atomic E-state index is 0.222. The first kappa shape index (κ1) is 12.3. The highest BCUT2D eigenvalue weighted by Gasteiger charge is 2.19. The van der Waals surface area contributed by atoms with Gasteiger partial charge in [0.2, 0.25) is 5.76 Å². The molecule has 94 valence electrons. The van der Waals surface area contributed by atoms with E-state index in [1.807, 2.05) is 0 Å². The molecule has 0 aliphatic rings. The molecule has 0 aliphatic heterocycles. The summed E-state index contributed by atoms with van der Waals surface area (Å²) in [6.07, 6.45) is 0. The molecule has 0 unspecified atom stereocenters. The molecule has 0 fully saturated rings. The van der Waals surface area contributed by atoms with E-state index in [1.165, 1.54) is 19.9 Å². The Kier molecular flexibility index (Phi) is 2.90. The molecule has 0 bridgehead atoms. The molecule has 0 spiro atoms. The monoisotopic (exact) mass is 249 g/mol. The minimum Gasteiger partial charge on any atom is -0.475 e. The van der Waals surface area contributed by atoms with Gasteiger partial charge in [0.05, 0.1) is 0 Å². The van der Waals surface area contributed by atoms with Gasteiger partial charge in [0.15, 0.2) is 0 Å². The standard InChI is InChI=1S/C13H12FNO3/c1-13(2,14)9-5-3-8(4-6-9)10-7-11(12(16)17)18-15-10/h3-7H,1-2H3,(H,16,17). The number of benzene rings is 1. The molecule has 0 radical (unpaired) electrons. The lowest BCUT2D eigenvalue weighted by Crippen LogP contribution is -2.08. The van der Waals surface area contributed by atoms with Crippen LogP contribution >= 0.6 is 0 Å². The summed E-state index contributed by atoms with van der Waals surface area (Å²) < 4.78 is 18.3. The first-order valence-corrected chi connectivity index (χ1v) is 5.38. The molecule has 0 saturated carbocycles. The Labute approximate surface area is 103 Å². The number of carboxylic acid groups (broad SMARTS) is 1. The van der Waals surface area contributed by atoms with Crippen molar-refractivity contribution in [2.24, 2.45) is 0 Å². The smallest absolute Gasteiger partial charge is 0.374 e. The molecular weight excluding hydrogens is 237 g/mol. The first-order chi connectivity index (χ1) is 8.38. The van der Waals surface area contributed by atoms with Crippen molar-refractivity contribution in [3.8, 4) is 11.3 Å². The summed E-state index contributed by atoms with van der Waals surface area (Å²) in [4.78, 5) is 10.6. The van der Waals surface area contributed by atoms with Crippen LogP contribution in [0.25, 0.3) is 11.3 Å². The number of nitrogens with zero attached hydrogens (tertiary/aromatic N) is 1. The Morgan fingerprint density at radius 3 is 2.39 bits per heavy atom. The second-order valence-electron chi connectivity index (χ2n) is 4.43. The van der Waals surface area contributed by atoms with Gasteiger partial charge in [-0.05, 0) is 19.4 Å². The molecule has 0 amide bonds. The van der Waals surface area contributed by atoms with Crippen molar-refractivity contribution in [1.82, 2.24) is 5.16 Å². The number of alkyl halides is 1. The molecule has 0 aliphatic carbocycles. The van der Waals surface area contributed by atoms with E-state index in [1.54, 1.807) is 24.3 Å². The molecule has 5 heteroatoms. The zero-order valence-electron chi connectivity index (χ0n) is 9.98. The third kappa shape index (κ3) is 2.40. The number of halogens is 1. The second-order valence-corrected chi connectivity index (χ2v) is 4.43. The average molecular weight is 249 g/mol. The number of hydrogen-bond donors (Lipinski definition) is 1. The van der Waals surface area contributed by atoms with Gasteiger partial charge in [0.25, 0.3) is 0 Å². The first-order valence-electron chi connectivity index (χ1n) is 5.38. The molecule has 2 aromatic rings. The van der Waals surface area contributed by atoms with Crippen molar-refractivity contribution in [3.05, 3.63) is 41.7 Å². The Morgan fingerprint density at radius 2 is 1.94 bits per heavy atom. The summed E-state index contributed by atoms with van der Waals surface area (Å²) >= 11 is 0. The van der Waals surface area contributed by atoms with E-state index < -0.39 is 11.6 Å². The van der Waals surface area contributed by atoms with Gasteiger partial charge in [-0.2, -0.15) is 0 Å². The van der Waals surface area contributed by atoms with Crippen LogP contribution in [0.2, 0.25) is 0 Å². The number of rotatable bonds is 3. The van der Waals surface area contributed by atoms with Crippen LogP contribution < -0.4 is 0 Å². The Hall–Kier alpha value is -2.17. The molecule has 0 saturated heterocycles. The molecule has 0 atom stereocenters. The summed E-state index contributed by atoms with van der Waals surface area (Å²) in [5, 5.41) is 12.4. The molecule has 18 heavy (non-hydrogen) atoms. The molecule has 1 aromatic carbocycles. The summed E-state index contributed by atoms with van der Waals surface area (Å²) in [6, 6.07) is 7.98. The maximum atomic E-state index is 13.7. The number of hydrogen-bond acceptors (Lipinski definition) is 3. The van der Waals surface area contributed by atoms with Crippen LogP contribution in [0.1, 0.15) is 30.0 Å². The Morgan fingerprint density at radius 1 is 1.33 bits per heavy atom. The number of carboxylic acids is 1. The van der Waals surface area contributed by atoms with Crippen molar-refractivity contribution in [3.63, 3.8) is 0 Å². The van der Waals surface area contributed by atoms with E-state index in [2.05, 4.69) is 9.68 Å². The quantitative estimate of drug-likeness (QED) is 0.906. The zero-order valence-corrected chi connectivity index (χ0v) is 9.98. The van der Waals surface area contributed by atoms with Gasteiger partial charge < -0.3 is 9.63 Å². The fraction of sp³-hybridized carbons (Fsp3) is 0.231. The minimum atomic E-state index is -1.41. The van der Waals surface area contributed by atoms with E-state index in [0.717, 1.165) is 0 Å². The molecule has 1 aromatic heterocycles. The number of carbonyl (C=O) groups is 1. The van der Waals surface area contributed by atoms with Crippen LogP contribution in [0.5, 0.6) is 0 Å². The highest BCUT2D eigenvalue weighted by Crippen LogP contribution is 2.27. The van der Waals surface area contributed by atoms with E-state index in [0.29, 0.717) is 16.8 Å². The number of aromatic nitrogens is 1. The van der Waals surface area contributed by atoms with Crippen molar-refractivity contribution < 1.29 is 18.8 Å². The Bertz CT molecular complexity index is 567. The molecular formula is C13H12FNO3. The SMILES string of the molecule is CC(C)(F)c1ccc(-c2cc(C(=O)O)on2)cc1. The van der Waals surface area contributed by atoms with Crippen LogP contribution in [0.15, 0.2) is 34.9 Å². The van der Waals surface area contributed by atoms with Crippen LogP contribution in [0, 0.1) is 0 Å². The van der Waals surface area contributed by atoms with Crippen LogP contribution in [-0.4, -0.2) is 16.2 Å². The summed E-state index contributed by atoms with van der Waals surface area (Å²) in [6.45, 7) is 2.95. The lowest BCUT2D eigenvalue weighted by Gasteiger charge is -2.14. The maximum absolute atomic E-state index is 13.7. The van der Waals surface area contributed by atoms with Gasteiger partial charge >= 0.3 is 5.97 Å². The summed E-state index contributed by atoms with van der Waals surface area (Å²) in [5.74, 6) is -1.39. The van der Waals surface area contributed by atoms with Crippen molar-refractivity contribution >= 4 is 5.97 Å². The third-order valence-electron chi connectivity index (χ3n) is 2.59. The van der Waals surface area contributed by atoms with E-state index in [9.17, 15) is 9.18 Å². The van der Waals surface area contributed by atoms with Gasteiger partial charge in [-0.3, -0.25) is 0 Å². The van der Waals surface area contributed by atoms with E-state index >= 15 is 0 Å².